The fourth-order valence-electron chi connectivity index (χ4n) is 2.76. The number of benzene rings is 3. The van der Waals surface area contributed by atoms with E-state index in [1.807, 2.05) is 60.7 Å². The summed E-state index contributed by atoms with van der Waals surface area (Å²) in [6.07, 6.45) is 1.38. The van der Waals surface area contributed by atoms with Crippen LogP contribution in [-0.2, 0) is 9.53 Å². The van der Waals surface area contributed by atoms with Crippen molar-refractivity contribution >= 4 is 57.0 Å². The first-order chi connectivity index (χ1) is 13.1. The summed E-state index contributed by atoms with van der Waals surface area (Å²) in [5.74, 6) is -2.00. The van der Waals surface area contributed by atoms with Crippen molar-refractivity contribution in [3.05, 3.63) is 75.9 Å². The number of Topliss-reactive ketones (excluding diaryl/α,β-unsaturated/α-hetero) is 1. The summed E-state index contributed by atoms with van der Waals surface area (Å²) in [5, 5.41) is 1.75. The molecule has 0 aliphatic rings. The Morgan fingerprint density at radius 2 is 1.74 bits per heavy atom. The smallest absolute Gasteiger partial charge is 0.322 e. The second kappa shape index (κ2) is 8.90. The molecule has 0 aliphatic carbocycles. The van der Waals surface area contributed by atoms with Gasteiger partial charge < -0.3 is 4.74 Å². The predicted octanol–water partition coefficient (Wildman–Crippen LogP) is 5.21. The molecule has 3 aromatic carbocycles. The number of nitrogens with zero attached hydrogens (tertiary/aromatic N) is 1. The Morgan fingerprint density at radius 1 is 1.04 bits per heavy atom. The van der Waals surface area contributed by atoms with E-state index in [2.05, 4.69) is 27.6 Å². The normalized spacial score (nSPS) is 12.2. The number of ketones is 1. The van der Waals surface area contributed by atoms with E-state index in [0.29, 0.717) is 11.3 Å². The molecular formula is C22H18INO3. The van der Waals surface area contributed by atoms with Crippen molar-refractivity contribution in [3.8, 4) is 0 Å². The number of fused-ring (bicyclic) bond motifs is 1. The van der Waals surface area contributed by atoms with E-state index in [0.717, 1.165) is 14.3 Å². The Labute approximate surface area is 171 Å². The third-order valence-electron chi connectivity index (χ3n) is 4.08. The van der Waals surface area contributed by atoms with E-state index >= 15 is 0 Å². The van der Waals surface area contributed by atoms with Crippen molar-refractivity contribution in [1.82, 2.24) is 0 Å². The lowest BCUT2D eigenvalue weighted by molar-refractivity contribution is -0.143. The zero-order valence-corrected chi connectivity index (χ0v) is 16.9. The molecule has 0 N–H and O–H groups in total. The Balaban J connectivity index is 1.98. The zero-order valence-electron chi connectivity index (χ0n) is 14.8. The van der Waals surface area contributed by atoms with Gasteiger partial charge in [0.2, 0.25) is 0 Å². The molecule has 3 rings (SSSR count). The Morgan fingerprint density at radius 3 is 2.48 bits per heavy atom. The SMILES string of the molecule is CCOC(=O)C(C=Nc1ccc(I)cc1)C(=O)c1cccc2ccccc12. The standard InChI is InChI=1S/C22H18INO3/c1-2-27-22(26)20(14-24-17-12-10-16(23)11-13-17)21(25)19-9-5-7-15-6-3-4-8-18(15)19/h3-14,20H,2H2,1H3. The minimum Gasteiger partial charge on any atom is -0.465 e. The molecule has 0 saturated heterocycles. The summed E-state index contributed by atoms with van der Waals surface area (Å²) in [6.45, 7) is 1.92. The van der Waals surface area contributed by atoms with E-state index in [-0.39, 0.29) is 12.4 Å². The number of hydrogen-bond acceptors (Lipinski definition) is 4. The molecule has 0 heterocycles. The van der Waals surface area contributed by atoms with Crippen molar-refractivity contribution in [3.63, 3.8) is 0 Å². The van der Waals surface area contributed by atoms with Gasteiger partial charge in [0.25, 0.3) is 0 Å². The highest BCUT2D eigenvalue weighted by Gasteiger charge is 2.28. The molecule has 0 saturated carbocycles. The lowest BCUT2D eigenvalue weighted by atomic mass is 9.94. The molecule has 1 atom stereocenters. The Kier molecular flexibility index (Phi) is 6.34. The van der Waals surface area contributed by atoms with Crippen molar-refractivity contribution in [2.24, 2.45) is 10.9 Å². The second-order valence-electron chi connectivity index (χ2n) is 5.88. The van der Waals surface area contributed by atoms with E-state index in [9.17, 15) is 9.59 Å². The zero-order chi connectivity index (χ0) is 19.2. The molecule has 0 fully saturated rings. The molecule has 0 bridgehead atoms. The van der Waals surface area contributed by atoms with Gasteiger partial charge in [0.15, 0.2) is 11.7 Å². The molecule has 0 radical (unpaired) electrons. The largest absolute Gasteiger partial charge is 0.465 e. The molecule has 0 aliphatic heterocycles. The number of carbonyl (C=O) groups is 2. The minimum atomic E-state index is -1.09. The minimum absolute atomic E-state index is 0.204. The lowest BCUT2D eigenvalue weighted by Gasteiger charge is -2.12. The van der Waals surface area contributed by atoms with Crippen molar-refractivity contribution < 1.29 is 14.3 Å². The number of rotatable bonds is 6. The van der Waals surface area contributed by atoms with Crippen molar-refractivity contribution in [2.75, 3.05) is 6.61 Å². The first-order valence-corrected chi connectivity index (χ1v) is 9.66. The quantitative estimate of drug-likeness (QED) is 0.163. The third-order valence-corrected chi connectivity index (χ3v) is 4.80. The Bertz CT molecular complexity index is 991. The van der Waals surface area contributed by atoms with Gasteiger partial charge in [-0.2, -0.15) is 0 Å². The van der Waals surface area contributed by atoms with Crippen LogP contribution < -0.4 is 0 Å². The molecule has 0 aromatic heterocycles. The van der Waals surface area contributed by atoms with Crippen LogP contribution in [0.4, 0.5) is 5.69 Å². The van der Waals surface area contributed by atoms with Gasteiger partial charge in [0.05, 0.1) is 12.3 Å². The van der Waals surface area contributed by atoms with Crippen LogP contribution in [0.25, 0.3) is 10.8 Å². The van der Waals surface area contributed by atoms with E-state index < -0.39 is 11.9 Å². The molecule has 4 nitrogen and oxygen atoms in total. The maximum Gasteiger partial charge on any atom is 0.322 e. The molecule has 3 aromatic rings. The van der Waals surface area contributed by atoms with Crippen LogP contribution in [0.5, 0.6) is 0 Å². The summed E-state index contributed by atoms with van der Waals surface area (Å²) >= 11 is 2.21. The van der Waals surface area contributed by atoms with Crippen LogP contribution in [0.15, 0.2) is 71.7 Å². The summed E-state index contributed by atoms with van der Waals surface area (Å²) in [5.41, 5.74) is 1.16. The number of aliphatic imine (C=N–C) groups is 1. The van der Waals surface area contributed by atoms with Gasteiger partial charge in [-0.15, -0.1) is 0 Å². The highest BCUT2D eigenvalue weighted by Crippen LogP contribution is 2.22. The predicted molar refractivity (Wildman–Crippen MR) is 116 cm³/mol. The summed E-state index contributed by atoms with van der Waals surface area (Å²) < 4.78 is 6.20. The summed E-state index contributed by atoms with van der Waals surface area (Å²) in [6, 6.07) is 20.6. The van der Waals surface area contributed by atoms with Crippen molar-refractivity contribution in [2.45, 2.75) is 6.92 Å². The highest BCUT2D eigenvalue weighted by atomic mass is 127. The number of halogens is 1. The summed E-state index contributed by atoms with van der Waals surface area (Å²) in [7, 11) is 0. The third kappa shape index (κ3) is 4.60. The average Bonchev–Trinajstić information content (AvgIpc) is 2.69. The molecule has 0 spiro atoms. The molecule has 5 heteroatoms. The topological polar surface area (TPSA) is 55.7 Å². The van der Waals surface area contributed by atoms with Crippen LogP contribution in [0.2, 0.25) is 0 Å². The van der Waals surface area contributed by atoms with Gasteiger partial charge in [-0.3, -0.25) is 14.6 Å². The van der Waals surface area contributed by atoms with E-state index in [1.165, 1.54) is 6.21 Å². The average molecular weight is 471 g/mol. The van der Waals surface area contributed by atoms with E-state index in [4.69, 9.17) is 4.74 Å². The molecule has 0 amide bonds. The highest BCUT2D eigenvalue weighted by molar-refractivity contribution is 14.1. The Hall–Kier alpha value is -2.54. The van der Waals surface area contributed by atoms with Gasteiger partial charge in [-0.05, 0) is 64.6 Å². The van der Waals surface area contributed by atoms with Crippen molar-refractivity contribution in [1.29, 1.82) is 0 Å². The van der Waals surface area contributed by atoms with Gasteiger partial charge in [-0.1, -0.05) is 42.5 Å². The second-order valence-corrected chi connectivity index (χ2v) is 7.12. The van der Waals surface area contributed by atoms with Gasteiger partial charge in [-0.25, -0.2) is 0 Å². The molecule has 136 valence electrons. The van der Waals surface area contributed by atoms with Crippen LogP contribution in [0.3, 0.4) is 0 Å². The van der Waals surface area contributed by atoms with Crippen LogP contribution in [-0.4, -0.2) is 24.6 Å². The monoisotopic (exact) mass is 471 g/mol. The fraction of sp³-hybridized carbons (Fsp3) is 0.136. The first kappa shape index (κ1) is 19.2. The van der Waals surface area contributed by atoms with Crippen LogP contribution in [0, 0.1) is 9.49 Å². The maximum absolute atomic E-state index is 13.2. The number of hydrogen-bond donors (Lipinski definition) is 0. The molecule has 27 heavy (non-hydrogen) atoms. The molecular weight excluding hydrogens is 453 g/mol. The fourth-order valence-corrected chi connectivity index (χ4v) is 3.12. The lowest BCUT2D eigenvalue weighted by Crippen LogP contribution is -2.27. The number of ether oxygens (including phenoxy) is 1. The van der Waals surface area contributed by atoms with Crippen LogP contribution >= 0.6 is 22.6 Å². The van der Waals surface area contributed by atoms with Gasteiger partial charge in [0, 0.05) is 15.3 Å². The van der Waals surface area contributed by atoms with Crippen LogP contribution in [0.1, 0.15) is 17.3 Å². The maximum atomic E-state index is 13.2. The number of carbonyl (C=O) groups excluding carboxylic acids is 2. The number of esters is 1. The van der Waals surface area contributed by atoms with E-state index in [1.54, 1.807) is 13.0 Å². The first-order valence-electron chi connectivity index (χ1n) is 8.58. The van der Waals surface area contributed by atoms with Gasteiger partial charge in [0.1, 0.15) is 0 Å². The summed E-state index contributed by atoms with van der Waals surface area (Å²) in [4.78, 5) is 29.9. The molecule has 1 unspecified atom stereocenters. The van der Waals surface area contributed by atoms with Gasteiger partial charge >= 0.3 is 5.97 Å².